The zero-order valence-corrected chi connectivity index (χ0v) is 9.09. The fraction of sp³-hybridized carbons (Fsp3) is 0.250. The van der Waals surface area contributed by atoms with E-state index in [2.05, 4.69) is 15.9 Å². The molecule has 14 heavy (non-hydrogen) atoms. The Bertz CT molecular complexity index is 395. The van der Waals surface area contributed by atoms with Crippen LogP contribution in [-0.4, -0.2) is 12.0 Å². The van der Waals surface area contributed by atoms with Crippen LogP contribution in [0.1, 0.15) is 5.56 Å². The molecule has 0 N–H and O–H groups in total. The second-order valence-corrected chi connectivity index (χ2v) is 3.46. The van der Waals surface area contributed by atoms with Gasteiger partial charge in [-0.15, -0.1) is 0 Å². The summed E-state index contributed by atoms with van der Waals surface area (Å²) >= 11 is 2.89. The third kappa shape index (κ3) is 1.70. The van der Waals surface area contributed by atoms with Gasteiger partial charge < -0.3 is 4.74 Å². The van der Waals surface area contributed by atoms with Crippen molar-refractivity contribution in [2.75, 3.05) is 7.11 Å². The number of nitro groups is 1. The summed E-state index contributed by atoms with van der Waals surface area (Å²) in [5.74, 6) is -0.594. The first-order chi connectivity index (χ1) is 6.49. The van der Waals surface area contributed by atoms with Crippen LogP contribution in [0.25, 0.3) is 0 Å². The Labute approximate surface area is 88.0 Å². The molecular weight excluding hydrogens is 257 g/mol. The number of hydrogen-bond acceptors (Lipinski definition) is 3. The smallest absolute Gasteiger partial charge is 0.312 e. The van der Waals surface area contributed by atoms with Crippen molar-refractivity contribution in [1.29, 1.82) is 0 Å². The fourth-order valence-electron chi connectivity index (χ4n) is 1.11. The minimum Gasteiger partial charge on any atom is -0.490 e. The lowest BCUT2D eigenvalue weighted by molar-refractivity contribution is -0.385. The van der Waals surface area contributed by atoms with Crippen molar-refractivity contribution in [3.8, 4) is 5.75 Å². The molecule has 0 saturated heterocycles. The summed E-state index contributed by atoms with van der Waals surface area (Å²) in [5, 5.41) is 10.6. The zero-order chi connectivity index (χ0) is 10.9. The van der Waals surface area contributed by atoms with Crippen molar-refractivity contribution >= 4 is 21.6 Å². The van der Waals surface area contributed by atoms with Gasteiger partial charge in [-0.25, -0.2) is 4.39 Å². The van der Waals surface area contributed by atoms with Crippen LogP contribution in [0.15, 0.2) is 10.5 Å². The minimum absolute atomic E-state index is 0.0456. The molecule has 0 atom stereocenters. The van der Waals surface area contributed by atoms with Crippen LogP contribution in [0.4, 0.5) is 10.1 Å². The third-order valence-corrected chi connectivity index (χ3v) is 2.35. The van der Waals surface area contributed by atoms with Crippen LogP contribution < -0.4 is 4.74 Å². The van der Waals surface area contributed by atoms with E-state index in [0.29, 0.717) is 0 Å². The molecule has 4 nitrogen and oxygen atoms in total. The summed E-state index contributed by atoms with van der Waals surface area (Å²) in [7, 11) is 1.27. The van der Waals surface area contributed by atoms with Gasteiger partial charge >= 0.3 is 5.69 Å². The number of nitro benzene ring substituents is 1. The van der Waals surface area contributed by atoms with E-state index >= 15 is 0 Å². The van der Waals surface area contributed by atoms with Gasteiger partial charge in [0.2, 0.25) is 5.75 Å². The molecule has 0 spiro atoms. The van der Waals surface area contributed by atoms with Crippen molar-refractivity contribution < 1.29 is 14.1 Å². The average molecular weight is 264 g/mol. The van der Waals surface area contributed by atoms with Gasteiger partial charge in [-0.1, -0.05) is 0 Å². The van der Waals surface area contributed by atoms with Crippen molar-refractivity contribution in [2.24, 2.45) is 0 Å². The maximum Gasteiger partial charge on any atom is 0.312 e. The van der Waals surface area contributed by atoms with E-state index in [0.717, 1.165) is 6.07 Å². The molecule has 0 heterocycles. The molecule has 1 aromatic rings. The number of hydrogen-bond donors (Lipinski definition) is 0. The predicted octanol–water partition coefficient (Wildman–Crippen LogP) is 2.81. The molecule has 0 aliphatic carbocycles. The molecule has 0 bridgehead atoms. The molecule has 1 aromatic carbocycles. The van der Waals surface area contributed by atoms with E-state index in [4.69, 9.17) is 4.74 Å². The van der Waals surface area contributed by atoms with Crippen molar-refractivity contribution in [3.63, 3.8) is 0 Å². The number of ether oxygens (including phenoxy) is 1. The molecule has 6 heteroatoms. The molecule has 0 aliphatic heterocycles. The van der Waals surface area contributed by atoms with E-state index < -0.39 is 10.7 Å². The van der Waals surface area contributed by atoms with Crippen molar-refractivity contribution in [1.82, 2.24) is 0 Å². The Kier molecular flexibility index (Phi) is 3.05. The quantitative estimate of drug-likeness (QED) is 0.609. The number of benzene rings is 1. The molecule has 1 rings (SSSR count). The first-order valence-corrected chi connectivity index (χ1v) is 4.45. The van der Waals surface area contributed by atoms with Gasteiger partial charge in [0.05, 0.1) is 16.5 Å². The molecular formula is C8H7BrFNO3. The van der Waals surface area contributed by atoms with Gasteiger partial charge in [-0.2, -0.15) is 0 Å². The molecule has 0 aromatic heterocycles. The molecule has 76 valence electrons. The SMILES string of the molecule is COc1c([N+](=O)[O-])cc(Br)c(F)c1C. The highest BCUT2D eigenvalue weighted by molar-refractivity contribution is 9.10. The van der Waals surface area contributed by atoms with Gasteiger partial charge in [0, 0.05) is 11.6 Å². The van der Waals surface area contributed by atoms with Crippen LogP contribution in [-0.2, 0) is 0 Å². The molecule has 0 saturated carbocycles. The van der Waals surface area contributed by atoms with Gasteiger partial charge in [-0.3, -0.25) is 10.1 Å². The highest BCUT2D eigenvalue weighted by Crippen LogP contribution is 2.36. The Morgan fingerprint density at radius 3 is 2.64 bits per heavy atom. The zero-order valence-electron chi connectivity index (χ0n) is 7.51. The maximum absolute atomic E-state index is 13.3. The van der Waals surface area contributed by atoms with Crippen LogP contribution in [0.3, 0.4) is 0 Å². The predicted molar refractivity (Wildman–Crippen MR) is 52.0 cm³/mol. The Balaban J connectivity index is 3.51. The molecule has 0 fully saturated rings. The van der Waals surface area contributed by atoms with Crippen LogP contribution in [0, 0.1) is 22.9 Å². The highest BCUT2D eigenvalue weighted by Gasteiger charge is 2.22. The highest BCUT2D eigenvalue weighted by atomic mass is 79.9. The number of halogens is 2. The second kappa shape index (κ2) is 3.91. The van der Waals surface area contributed by atoms with Crippen molar-refractivity contribution in [2.45, 2.75) is 6.92 Å². The summed E-state index contributed by atoms with van der Waals surface area (Å²) < 4.78 is 18.1. The molecule has 0 amide bonds. The third-order valence-electron chi connectivity index (χ3n) is 1.78. The van der Waals surface area contributed by atoms with Gasteiger partial charge in [0.25, 0.3) is 0 Å². The van der Waals surface area contributed by atoms with Crippen LogP contribution >= 0.6 is 15.9 Å². The molecule has 0 aliphatic rings. The Hall–Kier alpha value is -1.17. The Morgan fingerprint density at radius 2 is 2.21 bits per heavy atom. The van der Waals surface area contributed by atoms with Crippen LogP contribution in [0.2, 0.25) is 0 Å². The van der Waals surface area contributed by atoms with E-state index in [1.165, 1.54) is 14.0 Å². The van der Waals surface area contributed by atoms with E-state index in [9.17, 15) is 14.5 Å². The summed E-state index contributed by atoms with van der Waals surface area (Å²) in [6.45, 7) is 1.42. The van der Waals surface area contributed by atoms with Crippen molar-refractivity contribution in [3.05, 3.63) is 32.0 Å². The average Bonchev–Trinajstić information content (AvgIpc) is 2.13. The number of methoxy groups -OCH3 is 1. The monoisotopic (exact) mass is 263 g/mol. The first kappa shape index (κ1) is 10.9. The standard InChI is InChI=1S/C8H7BrFNO3/c1-4-7(10)5(9)3-6(11(12)13)8(4)14-2/h3H,1-2H3. The van der Waals surface area contributed by atoms with Gasteiger partial charge in [0.1, 0.15) is 5.82 Å². The summed E-state index contributed by atoms with van der Waals surface area (Å²) in [5.41, 5.74) is -0.133. The minimum atomic E-state index is -0.615. The summed E-state index contributed by atoms with van der Waals surface area (Å²) in [4.78, 5) is 9.96. The number of nitrogens with zero attached hydrogens (tertiary/aromatic N) is 1. The largest absolute Gasteiger partial charge is 0.490 e. The first-order valence-electron chi connectivity index (χ1n) is 3.66. The van der Waals surface area contributed by atoms with E-state index in [-0.39, 0.29) is 21.5 Å². The molecule has 0 unspecified atom stereocenters. The molecule has 0 radical (unpaired) electrons. The van der Waals surface area contributed by atoms with Gasteiger partial charge in [-0.05, 0) is 22.9 Å². The maximum atomic E-state index is 13.3. The normalized spacial score (nSPS) is 10.0. The fourth-order valence-corrected chi connectivity index (χ4v) is 1.63. The van der Waals surface area contributed by atoms with E-state index in [1.807, 2.05) is 0 Å². The number of rotatable bonds is 2. The lowest BCUT2D eigenvalue weighted by Gasteiger charge is -2.07. The summed E-state index contributed by atoms with van der Waals surface area (Å²) in [6.07, 6.45) is 0. The van der Waals surface area contributed by atoms with Crippen LogP contribution in [0.5, 0.6) is 5.75 Å². The topological polar surface area (TPSA) is 52.4 Å². The lowest BCUT2D eigenvalue weighted by atomic mass is 10.2. The Morgan fingerprint density at radius 1 is 1.64 bits per heavy atom. The summed E-state index contributed by atoms with van der Waals surface area (Å²) in [6, 6.07) is 1.08. The van der Waals surface area contributed by atoms with E-state index in [1.54, 1.807) is 0 Å². The lowest BCUT2D eigenvalue weighted by Crippen LogP contribution is -1.98. The second-order valence-electron chi connectivity index (χ2n) is 2.61. The van der Waals surface area contributed by atoms with Gasteiger partial charge in [0.15, 0.2) is 0 Å².